The van der Waals surface area contributed by atoms with Crippen molar-refractivity contribution >= 4 is 17.5 Å². The molecule has 29 heavy (non-hydrogen) atoms. The van der Waals surface area contributed by atoms with Gasteiger partial charge in [0, 0.05) is 57.5 Å². The van der Waals surface area contributed by atoms with Crippen molar-refractivity contribution in [2.45, 2.75) is 6.54 Å². The topological polar surface area (TPSA) is 74.2 Å². The summed E-state index contributed by atoms with van der Waals surface area (Å²) >= 11 is 0. The molecule has 0 atom stereocenters. The van der Waals surface area contributed by atoms with Crippen molar-refractivity contribution in [2.75, 3.05) is 36.4 Å². The van der Waals surface area contributed by atoms with Gasteiger partial charge in [0.05, 0.1) is 11.3 Å². The number of carbonyl (C=O) groups excluding carboxylic acids is 1. The number of anilines is 2. The zero-order chi connectivity index (χ0) is 20.1. The Hall–Kier alpha value is -3.55. The van der Waals surface area contributed by atoms with E-state index >= 15 is 0 Å². The number of amides is 1. The van der Waals surface area contributed by atoms with Crippen LogP contribution in [0.5, 0.6) is 0 Å². The summed E-state index contributed by atoms with van der Waals surface area (Å²) < 4.78 is 13.0. The highest BCUT2D eigenvalue weighted by molar-refractivity contribution is 5.94. The Morgan fingerprint density at radius 1 is 1.03 bits per heavy atom. The predicted octanol–water partition coefficient (Wildman–Crippen LogP) is 2.59. The number of benzene rings is 1. The van der Waals surface area contributed by atoms with Crippen LogP contribution in [0.2, 0.25) is 0 Å². The molecule has 0 spiro atoms. The third-order valence-electron chi connectivity index (χ3n) is 4.80. The van der Waals surface area contributed by atoms with Gasteiger partial charge in [0.2, 0.25) is 5.95 Å². The molecule has 0 aliphatic carbocycles. The van der Waals surface area contributed by atoms with Crippen LogP contribution in [0.3, 0.4) is 0 Å². The molecule has 0 saturated carbocycles. The summed E-state index contributed by atoms with van der Waals surface area (Å²) in [5.74, 6) is 0.381. The lowest BCUT2D eigenvalue weighted by atomic mass is 10.2. The van der Waals surface area contributed by atoms with E-state index in [0.29, 0.717) is 44.2 Å². The second kappa shape index (κ2) is 8.64. The van der Waals surface area contributed by atoms with Crippen molar-refractivity contribution in [3.05, 3.63) is 78.1 Å². The van der Waals surface area contributed by atoms with Gasteiger partial charge < -0.3 is 15.1 Å². The average Bonchev–Trinajstić information content (AvgIpc) is 2.79. The van der Waals surface area contributed by atoms with Crippen LogP contribution >= 0.6 is 0 Å². The number of carbonyl (C=O) groups is 1. The fraction of sp³-hybridized carbons (Fsp3) is 0.238. The van der Waals surface area contributed by atoms with Crippen molar-refractivity contribution in [3.8, 4) is 0 Å². The van der Waals surface area contributed by atoms with Crippen LogP contribution in [0.1, 0.15) is 15.9 Å². The van der Waals surface area contributed by atoms with Crippen LogP contribution in [-0.4, -0.2) is 51.9 Å². The van der Waals surface area contributed by atoms with Gasteiger partial charge in [0.25, 0.3) is 5.91 Å². The Morgan fingerprint density at radius 3 is 2.48 bits per heavy atom. The van der Waals surface area contributed by atoms with Crippen LogP contribution in [0.25, 0.3) is 0 Å². The lowest BCUT2D eigenvalue weighted by molar-refractivity contribution is 0.0746. The van der Waals surface area contributed by atoms with Gasteiger partial charge in [-0.25, -0.2) is 14.4 Å². The van der Waals surface area contributed by atoms with Crippen molar-refractivity contribution in [1.82, 2.24) is 19.9 Å². The minimum absolute atomic E-state index is 0.0448. The average molecular weight is 392 g/mol. The number of hydrogen-bond acceptors (Lipinski definition) is 6. The summed E-state index contributed by atoms with van der Waals surface area (Å²) in [6.45, 7) is 3.10. The van der Waals surface area contributed by atoms with E-state index in [1.807, 2.05) is 4.90 Å². The molecule has 8 heteroatoms. The third-order valence-corrected chi connectivity index (χ3v) is 4.80. The maximum Gasteiger partial charge on any atom is 0.255 e. The second-order valence-electron chi connectivity index (χ2n) is 6.77. The number of nitrogens with one attached hydrogen (secondary N) is 1. The lowest BCUT2D eigenvalue weighted by Crippen LogP contribution is -2.49. The molecule has 1 fully saturated rings. The first-order valence-electron chi connectivity index (χ1n) is 9.44. The number of aromatic nitrogens is 3. The van der Waals surface area contributed by atoms with Gasteiger partial charge in [0.15, 0.2) is 0 Å². The normalized spacial score (nSPS) is 14.0. The van der Waals surface area contributed by atoms with Gasteiger partial charge in [-0.1, -0.05) is 12.1 Å². The first-order chi connectivity index (χ1) is 14.2. The van der Waals surface area contributed by atoms with E-state index < -0.39 is 0 Å². The van der Waals surface area contributed by atoms with E-state index in [4.69, 9.17) is 0 Å². The molecule has 1 N–H and O–H groups in total. The number of piperazine rings is 1. The van der Waals surface area contributed by atoms with Crippen molar-refractivity contribution in [2.24, 2.45) is 0 Å². The molecule has 2 aromatic heterocycles. The first-order valence-corrected chi connectivity index (χ1v) is 9.44. The zero-order valence-electron chi connectivity index (χ0n) is 15.8. The van der Waals surface area contributed by atoms with E-state index in [-0.39, 0.29) is 11.7 Å². The summed E-state index contributed by atoms with van der Waals surface area (Å²) in [7, 11) is 0. The zero-order valence-corrected chi connectivity index (χ0v) is 15.8. The second-order valence-corrected chi connectivity index (χ2v) is 6.77. The number of pyridine rings is 1. The summed E-state index contributed by atoms with van der Waals surface area (Å²) in [6.07, 6.45) is 6.69. The Labute approximate surface area is 168 Å². The number of nitrogens with zero attached hydrogens (tertiary/aromatic N) is 5. The summed E-state index contributed by atoms with van der Waals surface area (Å²) in [5.41, 5.74) is 2.23. The van der Waals surface area contributed by atoms with Gasteiger partial charge >= 0.3 is 0 Å². The van der Waals surface area contributed by atoms with Gasteiger partial charge in [-0.2, -0.15) is 0 Å². The number of rotatable bonds is 5. The summed E-state index contributed by atoms with van der Waals surface area (Å²) in [5, 5.41) is 3.23. The smallest absolute Gasteiger partial charge is 0.255 e. The molecule has 4 rings (SSSR count). The summed E-state index contributed by atoms with van der Waals surface area (Å²) in [6, 6.07) is 9.88. The molecule has 1 saturated heterocycles. The molecular weight excluding hydrogens is 371 g/mol. The predicted molar refractivity (Wildman–Crippen MR) is 108 cm³/mol. The van der Waals surface area contributed by atoms with Gasteiger partial charge in [-0.15, -0.1) is 0 Å². The molecule has 3 aromatic rings. The van der Waals surface area contributed by atoms with E-state index in [0.717, 1.165) is 11.3 Å². The van der Waals surface area contributed by atoms with Crippen LogP contribution in [-0.2, 0) is 6.54 Å². The van der Waals surface area contributed by atoms with E-state index in [1.54, 1.807) is 49.1 Å². The van der Waals surface area contributed by atoms with E-state index in [1.165, 1.54) is 12.1 Å². The minimum Gasteiger partial charge on any atom is -0.380 e. The Balaban J connectivity index is 1.35. The van der Waals surface area contributed by atoms with Crippen LogP contribution in [0.15, 0.2) is 61.2 Å². The van der Waals surface area contributed by atoms with E-state index in [9.17, 15) is 9.18 Å². The lowest BCUT2D eigenvalue weighted by Gasteiger charge is -2.34. The highest BCUT2D eigenvalue weighted by Gasteiger charge is 2.23. The molecule has 0 bridgehead atoms. The Bertz CT molecular complexity index is 958. The largest absolute Gasteiger partial charge is 0.380 e. The molecular formula is C21H21FN6O. The molecule has 3 heterocycles. The van der Waals surface area contributed by atoms with Crippen LogP contribution in [0.4, 0.5) is 16.0 Å². The monoisotopic (exact) mass is 392 g/mol. The molecule has 148 valence electrons. The molecule has 1 aliphatic rings. The van der Waals surface area contributed by atoms with E-state index in [2.05, 4.69) is 25.2 Å². The molecule has 1 amide bonds. The maximum atomic E-state index is 13.0. The van der Waals surface area contributed by atoms with Gasteiger partial charge in [-0.3, -0.25) is 9.78 Å². The minimum atomic E-state index is -0.262. The van der Waals surface area contributed by atoms with Gasteiger partial charge in [-0.05, 0) is 29.8 Å². The van der Waals surface area contributed by atoms with Crippen LogP contribution in [0, 0.1) is 5.82 Å². The van der Waals surface area contributed by atoms with Crippen molar-refractivity contribution < 1.29 is 9.18 Å². The molecule has 1 aromatic carbocycles. The maximum absolute atomic E-state index is 13.0. The highest BCUT2D eigenvalue weighted by atomic mass is 19.1. The number of hydrogen-bond donors (Lipinski definition) is 1. The molecule has 0 radical (unpaired) electrons. The first kappa shape index (κ1) is 18.8. The fourth-order valence-electron chi connectivity index (χ4n) is 3.21. The standard InChI is InChI=1S/C21H21FN6O/c22-18-4-2-16(3-5-18)13-26-19-12-17(14-23-15-19)20(29)27-8-10-28(11-9-27)21-24-6-1-7-25-21/h1-7,12,14-15,26H,8-11,13H2. The van der Waals surface area contributed by atoms with Crippen molar-refractivity contribution in [1.29, 1.82) is 0 Å². The molecule has 0 unspecified atom stereocenters. The highest BCUT2D eigenvalue weighted by Crippen LogP contribution is 2.15. The SMILES string of the molecule is O=C(c1cncc(NCc2ccc(F)cc2)c1)N1CCN(c2ncccn2)CC1. The van der Waals surface area contributed by atoms with Crippen LogP contribution < -0.4 is 10.2 Å². The number of halogens is 1. The quantitative estimate of drug-likeness (QED) is 0.720. The summed E-state index contributed by atoms with van der Waals surface area (Å²) in [4.78, 5) is 29.5. The fourth-order valence-corrected chi connectivity index (χ4v) is 3.21. The Kier molecular flexibility index (Phi) is 5.60. The third kappa shape index (κ3) is 4.66. The Morgan fingerprint density at radius 2 is 1.76 bits per heavy atom. The molecule has 1 aliphatic heterocycles. The van der Waals surface area contributed by atoms with Crippen molar-refractivity contribution in [3.63, 3.8) is 0 Å². The molecule has 7 nitrogen and oxygen atoms in total. The van der Waals surface area contributed by atoms with Gasteiger partial charge in [0.1, 0.15) is 5.82 Å².